The second-order valence-corrected chi connectivity index (χ2v) is 6.32. The summed E-state index contributed by atoms with van der Waals surface area (Å²) in [6.07, 6.45) is 4.10. The van der Waals surface area contributed by atoms with E-state index < -0.39 is 5.91 Å². The molecule has 1 aliphatic carbocycles. The molecule has 2 heterocycles. The maximum absolute atomic E-state index is 12.1. The number of H-pyrrole nitrogens is 1. The van der Waals surface area contributed by atoms with E-state index in [1.54, 1.807) is 12.3 Å². The quantitative estimate of drug-likeness (QED) is 0.677. The number of aromatic nitrogens is 2. The normalized spacial score (nSPS) is 21.0. The molecule has 2 aromatic rings. The zero-order chi connectivity index (χ0) is 15.7. The van der Waals surface area contributed by atoms with Gasteiger partial charge in [-0.2, -0.15) is 0 Å². The van der Waals surface area contributed by atoms with Crippen molar-refractivity contribution in [3.63, 3.8) is 0 Å². The number of hydrogen-bond acceptors (Lipinski definition) is 5. The Kier molecular flexibility index (Phi) is 3.95. The number of carbonyl (C=O) groups excluding carboxylic acids is 2. The Morgan fingerprint density at radius 2 is 2.23 bits per heavy atom. The van der Waals surface area contributed by atoms with Crippen molar-refractivity contribution in [2.24, 2.45) is 17.4 Å². The molecular weight excluding hydrogens is 302 g/mol. The summed E-state index contributed by atoms with van der Waals surface area (Å²) in [4.78, 5) is 30.4. The number of primary amides is 1. The summed E-state index contributed by atoms with van der Waals surface area (Å²) >= 11 is 1.35. The molecule has 6 N–H and O–H groups in total. The van der Waals surface area contributed by atoms with Gasteiger partial charge in [-0.05, 0) is 25.3 Å². The fourth-order valence-corrected chi connectivity index (χ4v) is 3.33. The fourth-order valence-electron chi connectivity index (χ4n) is 2.61. The molecule has 8 heteroatoms. The van der Waals surface area contributed by atoms with Crippen LogP contribution in [0.3, 0.4) is 0 Å². The Morgan fingerprint density at radius 3 is 2.86 bits per heavy atom. The van der Waals surface area contributed by atoms with Crippen molar-refractivity contribution in [1.82, 2.24) is 9.97 Å². The largest absolute Gasteiger partial charge is 0.364 e. The van der Waals surface area contributed by atoms with Crippen LogP contribution in [0.15, 0.2) is 17.6 Å². The van der Waals surface area contributed by atoms with Gasteiger partial charge in [-0.15, -0.1) is 11.3 Å². The van der Waals surface area contributed by atoms with Gasteiger partial charge >= 0.3 is 0 Å². The van der Waals surface area contributed by atoms with Crippen LogP contribution in [0.25, 0.3) is 11.3 Å². The second-order valence-electron chi connectivity index (χ2n) is 5.46. The molecule has 1 saturated carbocycles. The van der Waals surface area contributed by atoms with Crippen molar-refractivity contribution in [2.45, 2.75) is 25.3 Å². The molecule has 0 spiro atoms. The van der Waals surface area contributed by atoms with Gasteiger partial charge in [0, 0.05) is 29.1 Å². The average Bonchev–Trinajstić information content (AvgIpc) is 3.16. The van der Waals surface area contributed by atoms with Crippen LogP contribution in [0.2, 0.25) is 0 Å². The van der Waals surface area contributed by atoms with E-state index in [1.165, 1.54) is 11.3 Å². The van der Waals surface area contributed by atoms with E-state index in [2.05, 4.69) is 15.3 Å². The molecule has 2 amide bonds. The Morgan fingerprint density at radius 1 is 1.41 bits per heavy atom. The third kappa shape index (κ3) is 3.02. The molecule has 2 aromatic heterocycles. The lowest BCUT2D eigenvalue weighted by molar-refractivity contribution is -0.119. The van der Waals surface area contributed by atoms with Gasteiger partial charge in [0.2, 0.25) is 5.91 Å². The van der Waals surface area contributed by atoms with Gasteiger partial charge in [0.05, 0.1) is 5.69 Å². The summed E-state index contributed by atoms with van der Waals surface area (Å²) in [6.45, 7) is 0. The molecule has 0 aromatic carbocycles. The highest BCUT2D eigenvalue weighted by molar-refractivity contribution is 7.14. The van der Waals surface area contributed by atoms with E-state index in [1.807, 2.05) is 5.38 Å². The van der Waals surface area contributed by atoms with Crippen molar-refractivity contribution < 1.29 is 9.59 Å². The van der Waals surface area contributed by atoms with Crippen LogP contribution in [-0.4, -0.2) is 27.8 Å². The third-order valence-electron chi connectivity index (χ3n) is 3.82. The van der Waals surface area contributed by atoms with E-state index >= 15 is 0 Å². The molecule has 0 radical (unpaired) electrons. The van der Waals surface area contributed by atoms with Crippen molar-refractivity contribution in [3.05, 3.63) is 23.3 Å². The van der Waals surface area contributed by atoms with Crippen LogP contribution in [0, 0.1) is 5.92 Å². The van der Waals surface area contributed by atoms with E-state index in [0.717, 1.165) is 24.8 Å². The standard InChI is InChI=1S/C14H17N5O2S/c15-9-2-1-7(3-9)13(21)19-14-18-11(6-22-14)8-4-10(12(16)20)17-5-8/h4-7,9,17H,1-3,15H2,(H2,16,20)(H,18,19,21). The molecule has 1 fully saturated rings. The van der Waals surface area contributed by atoms with Crippen LogP contribution in [-0.2, 0) is 4.79 Å². The minimum absolute atomic E-state index is 0.0271. The first-order valence-corrected chi connectivity index (χ1v) is 7.91. The fraction of sp³-hybridized carbons (Fsp3) is 0.357. The summed E-state index contributed by atoms with van der Waals surface area (Å²) in [5, 5.41) is 5.20. The molecule has 2 atom stereocenters. The predicted molar refractivity (Wildman–Crippen MR) is 84.4 cm³/mol. The van der Waals surface area contributed by atoms with Gasteiger partial charge < -0.3 is 21.8 Å². The molecule has 0 aliphatic heterocycles. The molecule has 3 rings (SSSR count). The van der Waals surface area contributed by atoms with Gasteiger partial charge in [-0.1, -0.05) is 0 Å². The summed E-state index contributed by atoms with van der Waals surface area (Å²) < 4.78 is 0. The van der Waals surface area contributed by atoms with Crippen LogP contribution in [0.1, 0.15) is 29.8 Å². The predicted octanol–water partition coefficient (Wildman–Crippen LogP) is 1.30. The minimum Gasteiger partial charge on any atom is -0.364 e. The summed E-state index contributed by atoms with van der Waals surface area (Å²) in [5.41, 5.74) is 12.8. The maximum atomic E-state index is 12.1. The average molecular weight is 319 g/mol. The van der Waals surface area contributed by atoms with E-state index in [9.17, 15) is 9.59 Å². The number of nitrogens with one attached hydrogen (secondary N) is 2. The van der Waals surface area contributed by atoms with E-state index in [0.29, 0.717) is 16.5 Å². The molecular formula is C14H17N5O2S. The first-order chi connectivity index (χ1) is 10.5. The van der Waals surface area contributed by atoms with Crippen LogP contribution >= 0.6 is 11.3 Å². The number of nitrogens with zero attached hydrogens (tertiary/aromatic N) is 1. The monoisotopic (exact) mass is 319 g/mol. The Hall–Kier alpha value is -2.19. The lowest BCUT2D eigenvalue weighted by atomic mass is 10.1. The highest BCUT2D eigenvalue weighted by Gasteiger charge is 2.28. The summed E-state index contributed by atoms with van der Waals surface area (Å²) in [5.74, 6) is -0.579. The highest BCUT2D eigenvalue weighted by Crippen LogP contribution is 2.28. The number of rotatable bonds is 4. The number of aromatic amines is 1. The Balaban J connectivity index is 1.68. The minimum atomic E-state index is -0.521. The van der Waals surface area contributed by atoms with Crippen LogP contribution in [0.5, 0.6) is 0 Å². The Labute approximate surface area is 131 Å². The smallest absolute Gasteiger partial charge is 0.265 e. The second kappa shape index (κ2) is 5.90. The lowest BCUT2D eigenvalue weighted by Crippen LogP contribution is -2.23. The number of nitrogens with two attached hydrogens (primary N) is 2. The molecule has 116 valence electrons. The Bertz CT molecular complexity index is 708. The zero-order valence-electron chi connectivity index (χ0n) is 11.8. The van der Waals surface area contributed by atoms with Gasteiger partial charge in [0.15, 0.2) is 5.13 Å². The number of thiazole rings is 1. The first kappa shape index (κ1) is 14.7. The number of hydrogen-bond donors (Lipinski definition) is 4. The van der Waals surface area contributed by atoms with Gasteiger partial charge in [0.25, 0.3) is 5.91 Å². The molecule has 0 bridgehead atoms. The summed E-state index contributed by atoms with van der Waals surface area (Å²) in [7, 11) is 0. The van der Waals surface area contributed by atoms with Gasteiger partial charge in [-0.25, -0.2) is 4.98 Å². The van der Waals surface area contributed by atoms with Crippen LogP contribution < -0.4 is 16.8 Å². The number of carbonyl (C=O) groups is 2. The first-order valence-electron chi connectivity index (χ1n) is 7.03. The SMILES string of the molecule is NC(=O)c1cc(-c2csc(NC(=O)C3CCC(N)C3)n2)c[nH]1. The van der Waals surface area contributed by atoms with Crippen molar-refractivity contribution in [3.8, 4) is 11.3 Å². The number of anilines is 1. The van der Waals surface area contributed by atoms with E-state index in [-0.39, 0.29) is 17.9 Å². The third-order valence-corrected chi connectivity index (χ3v) is 4.58. The lowest BCUT2D eigenvalue weighted by Gasteiger charge is -2.08. The van der Waals surface area contributed by atoms with Crippen molar-refractivity contribution in [2.75, 3.05) is 5.32 Å². The van der Waals surface area contributed by atoms with Crippen molar-refractivity contribution >= 4 is 28.3 Å². The molecule has 2 unspecified atom stereocenters. The van der Waals surface area contributed by atoms with Crippen LogP contribution in [0.4, 0.5) is 5.13 Å². The highest BCUT2D eigenvalue weighted by atomic mass is 32.1. The van der Waals surface area contributed by atoms with Gasteiger partial charge in [-0.3, -0.25) is 9.59 Å². The molecule has 22 heavy (non-hydrogen) atoms. The molecule has 0 saturated heterocycles. The molecule has 7 nitrogen and oxygen atoms in total. The van der Waals surface area contributed by atoms with Crippen molar-refractivity contribution in [1.29, 1.82) is 0 Å². The maximum Gasteiger partial charge on any atom is 0.265 e. The number of amides is 2. The van der Waals surface area contributed by atoms with E-state index in [4.69, 9.17) is 11.5 Å². The topological polar surface area (TPSA) is 127 Å². The zero-order valence-corrected chi connectivity index (χ0v) is 12.7. The summed E-state index contributed by atoms with van der Waals surface area (Å²) in [6, 6.07) is 1.76. The van der Waals surface area contributed by atoms with Gasteiger partial charge in [0.1, 0.15) is 5.69 Å². The molecule has 1 aliphatic rings.